The van der Waals surface area contributed by atoms with Crippen LogP contribution < -0.4 is 21.1 Å². The number of aliphatic hydroxyl groups is 1. The Morgan fingerprint density at radius 3 is 2.74 bits per heavy atom. The molecule has 3 rings (SSSR count). The van der Waals surface area contributed by atoms with Crippen molar-refractivity contribution in [1.82, 2.24) is 0 Å². The second-order valence-electron chi connectivity index (χ2n) is 5.56. The van der Waals surface area contributed by atoms with Gasteiger partial charge in [-0.25, -0.2) is 4.79 Å². The van der Waals surface area contributed by atoms with Crippen LogP contribution in [0.5, 0.6) is 5.75 Å². The van der Waals surface area contributed by atoms with Gasteiger partial charge in [-0.2, -0.15) is 0 Å². The molecule has 4 N–H and O–H groups in total. The minimum Gasteiger partial charge on any atom is -0.733 e. The number of esters is 1. The molecule has 1 aromatic carbocycles. The predicted molar refractivity (Wildman–Crippen MR) is 90.7 cm³/mol. The third kappa shape index (κ3) is 3.12. The lowest BCUT2D eigenvalue weighted by Crippen LogP contribution is -2.30. The van der Waals surface area contributed by atoms with Crippen molar-refractivity contribution in [1.29, 1.82) is 0 Å². The lowest BCUT2D eigenvalue weighted by atomic mass is 9.85. The summed E-state index contributed by atoms with van der Waals surface area (Å²) in [7, 11) is 1.12. The van der Waals surface area contributed by atoms with Crippen molar-refractivity contribution in [3.8, 4) is 5.75 Å². The second kappa shape index (κ2) is 7.11. The van der Waals surface area contributed by atoms with E-state index < -0.39 is 29.8 Å². The Kier molecular flexibility index (Phi) is 4.86. The normalized spacial score (nSPS) is 15.8. The van der Waals surface area contributed by atoms with Gasteiger partial charge in [-0.3, -0.25) is 10.0 Å². The molecular formula is C17H15N2O8-. The van der Waals surface area contributed by atoms with E-state index in [1.165, 1.54) is 18.2 Å². The average molecular weight is 375 g/mol. The second-order valence-corrected chi connectivity index (χ2v) is 5.56. The lowest BCUT2D eigenvalue weighted by molar-refractivity contribution is -0.136. The lowest BCUT2D eigenvalue weighted by Gasteiger charge is -2.31. The molecule has 0 radical (unpaired) electrons. The van der Waals surface area contributed by atoms with Gasteiger partial charge in [-0.05, 0) is 11.6 Å². The fourth-order valence-electron chi connectivity index (χ4n) is 2.89. The molecule has 1 aliphatic rings. The van der Waals surface area contributed by atoms with E-state index >= 15 is 0 Å². The summed E-state index contributed by atoms with van der Waals surface area (Å²) in [5, 5.41) is 30.0. The van der Waals surface area contributed by atoms with Gasteiger partial charge in [0, 0.05) is 6.07 Å². The Labute approximate surface area is 152 Å². The first-order valence-corrected chi connectivity index (χ1v) is 7.67. The van der Waals surface area contributed by atoms with Gasteiger partial charge in [0.1, 0.15) is 17.9 Å². The zero-order chi connectivity index (χ0) is 19.7. The third-order valence-electron chi connectivity index (χ3n) is 4.02. The van der Waals surface area contributed by atoms with Crippen molar-refractivity contribution >= 4 is 11.7 Å². The molecule has 10 heteroatoms. The van der Waals surface area contributed by atoms with Gasteiger partial charge in [0.15, 0.2) is 5.76 Å². The van der Waals surface area contributed by atoms with E-state index in [-0.39, 0.29) is 39.3 Å². The number of benzene rings is 1. The molecule has 0 saturated carbocycles. The highest BCUT2D eigenvalue weighted by molar-refractivity contribution is 5.92. The van der Waals surface area contributed by atoms with E-state index in [9.17, 15) is 25.1 Å². The van der Waals surface area contributed by atoms with Gasteiger partial charge >= 0.3 is 5.97 Å². The summed E-state index contributed by atoms with van der Waals surface area (Å²) in [6, 6.07) is 6.81. The number of carbonyl (C=O) groups is 1. The maximum atomic E-state index is 12.3. The molecule has 0 saturated heterocycles. The number of rotatable bonds is 4. The molecule has 27 heavy (non-hydrogen) atoms. The van der Waals surface area contributed by atoms with E-state index in [1.807, 2.05) is 0 Å². The van der Waals surface area contributed by atoms with Gasteiger partial charge in [0.2, 0.25) is 17.1 Å². The molecule has 0 fully saturated rings. The van der Waals surface area contributed by atoms with Crippen LogP contribution >= 0.6 is 0 Å². The van der Waals surface area contributed by atoms with Crippen molar-refractivity contribution in [3.63, 3.8) is 0 Å². The van der Waals surface area contributed by atoms with E-state index in [4.69, 9.17) is 19.6 Å². The fraction of sp³-hybridized carbons (Fsp3) is 0.176. The van der Waals surface area contributed by atoms with Gasteiger partial charge < -0.3 is 35.2 Å². The maximum absolute atomic E-state index is 12.3. The van der Waals surface area contributed by atoms with Gasteiger partial charge in [0.25, 0.3) is 0 Å². The Morgan fingerprint density at radius 2 is 2.11 bits per heavy atom. The highest BCUT2D eigenvalue weighted by atomic mass is 16.8. The van der Waals surface area contributed by atoms with Crippen molar-refractivity contribution in [2.75, 3.05) is 12.3 Å². The molecule has 0 aliphatic carbocycles. The zero-order valence-corrected chi connectivity index (χ0v) is 14.0. The summed E-state index contributed by atoms with van der Waals surface area (Å²) in [5.74, 6) is -3.03. The summed E-state index contributed by atoms with van der Waals surface area (Å²) in [4.78, 5) is 24.6. The first-order valence-electron chi connectivity index (χ1n) is 7.67. The molecule has 0 amide bonds. The number of anilines is 1. The number of aliphatic hydroxyl groups excluding tert-OH is 1. The number of hydrogen-bond donors (Lipinski definition) is 3. The van der Waals surface area contributed by atoms with Crippen molar-refractivity contribution in [2.45, 2.75) is 12.5 Å². The highest BCUT2D eigenvalue weighted by Crippen LogP contribution is 2.44. The molecule has 0 spiro atoms. The van der Waals surface area contributed by atoms with Gasteiger partial charge in [-0.15, -0.1) is 0 Å². The van der Waals surface area contributed by atoms with Gasteiger partial charge in [0.05, 0.1) is 18.7 Å². The molecular weight excluding hydrogens is 360 g/mol. The van der Waals surface area contributed by atoms with Gasteiger partial charge in [-0.1, -0.05) is 18.2 Å². The van der Waals surface area contributed by atoms with E-state index in [2.05, 4.69) is 0 Å². The van der Waals surface area contributed by atoms with Crippen molar-refractivity contribution in [2.24, 2.45) is 5.73 Å². The first kappa shape index (κ1) is 18.5. The quantitative estimate of drug-likeness (QED) is 0.512. The Hall–Kier alpha value is -3.34. The largest absolute Gasteiger partial charge is 0.733 e. The van der Waals surface area contributed by atoms with Crippen LogP contribution in [0.2, 0.25) is 0 Å². The van der Waals surface area contributed by atoms with Crippen LogP contribution in [0.1, 0.15) is 23.0 Å². The van der Waals surface area contributed by atoms with Crippen molar-refractivity contribution in [3.05, 3.63) is 74.3 Å². The van der Waals surface area contributed by atoms with Crippen LogP contribution in [0, 0.1) is 5.21 Å². The number of para-hydroxylation sites is 1. The molecule has 2 heterocycles. The molecule has 10 nitrogen and oxygen atoms in total. The summed E-state index contributed by atoms with van der Waals surface area (Å²) in [5.41, 5.74) is 4.88. The average Bonchev–Trinajstić information content (AvgIpc) is 2.66. The van der Waals surface area contributed by atoms with Crippen LogP contribution in [-0.4, -0.2) is 23.4 Å². The maximum Gasteiger partial charge on any atom is 0.340 e. The zero-order valence-electron chi connectivity index (χ0n) is 14.0. The Morgan fingerprint density at radius 1 is 1.41 bits per heavy atom. The number of hydrogen-bond acceptors (Lipinski definition) is 10. The minimum absolute atomic E-state index is 0.0857. The fourth-order valence-corrected chi connectivity index (χ4v) is 2.89. The first-order chi connectivity index (χ1) is 12.9. The monoisotopic (exact) mass is 375 g/mol. The van der Waals surface area contributed by atoms with Crippen LogP contribution in [-0.2, 0) is 16.1 Å². The van der Waals surface area contributed by atoms with Crippen LogP contribution in [0.4, 0.5) is 5.69 Å². The molecule has 1 aromatic heterocycles. The molecule has 0 bridgehead atoms. The summed E-state index contributed by atoms with van der Waals surface area (Å²) in [6.45, 7) is -0.586. The van der Waals surface area contributed by atoms with Crippen LogP contribution in [0.3, 0.4) is 0 Å². The number of carbonyl (C=O) groups excluding carboxylic acids is 1. The molecule has 2 aromatic rings. The predicted octanol–water partition coefficient (Wildman–Crippen LogP) is 0.693. The minimum atomic E-state index is -1.19. The van der Waals surface area contributed by atoms with E-state index in [0.717, 1.165) is 13.2 Å². The topological polar surface area (TPSA) is 159 Å². The smallest absolute Gasteiger partial charge is 0.340 e. The summed E-state index contributed by atoms with van der Waals surface area (Å²) < 4.78 is 15.5. The van der Waals surface area contributed by atoms with Crippen LogP contribution in [0.15, 0.2) is 51.0 Å². The molecule has 1 aliphatic heterocycles. The highest BCUT2D eigenvalue weighted by Gasteiger charge is 2.40. The summed E-state index contributed by atoms with van der Waals surface area (Å²) >= 11 is 0. The number of methoxy groups -OCH3 is 1. The summed E-state index contributed by atoms with van der Waals surface area (Å²) in [6.07, 6.45) is 0. The molecule has 0 unspecified atom stereocenters. The van der Waals surface area contributed by atoms with E-state index in [1.54, 1.807) is 6.07 Å². The standard InChI is InChI=1S/C17H15N2O8/c1-25-17(22)13-12(9-4-2-3-5-10(9)19(23)24)15-14(27-16(13)18)11(21)6-8(7-20)26-15/h2-6,12,20,23H,7,18H2,1H3/q-1/t12-/m1/s1. The Balaban J connectivity index is 2.36. The number of fused-ring (bicyclic) bond motifs is 1. The Bertz CT molecular complexity index is 979. The third-order valence-corrected chi connectivity index (χ3v) is 4.02. The van der Waals surface area contributed by atoms with Crippen molar-refractivity contribution < 1.29 is 29.0 Å². The number of ether oxygens (including phenoxy) is 2. The number of nitrogens with two attached hydrogens (primary N) is 1. The number of nitrogens with zero attached hydrogens (tertiary/aromatic N) is 1. The SMILES string of the molecule is COC(=O)C1=C(N)Oc2c(oc(CO)cc2=O)[C@@H]1c1ccccc1N([O-])O. The van der Waals surface area contributed by atoms with E-state index in [0.29, 0.717) is 0 Å². The molecule has 1 atom stereocenters. The molecule has 142 valence electrons. The van der Waals surface area contributed by atoms with Crippen LogP contribution in [0.25, 0.3) is 0 Å².